The summed E-state index contributed by atoms with van der Waals surface area (Å²) in [7, 11) is 1.66. The summed E-state index contributed by atoms with van der Waals surface area (Å²) in [6.45, 7) is 6.06. The predicted octanol–water partition coefficient (Wildman–Crippen LogP) is 0.509. The van der Waals surface area contributed by atoms with Gasteiger partial charge in [0.05, 0.1) is 6.04 Å². The molecule has 0 aliphatic rings. The van der Waals surface area contributed by atoms with Gasteiger partial charge in [-0.15, -0.1) is 0 Å². The van der Waals surface area contributed by atoms with Gasteiger partial charge < -0.3 is 10.6 Å². The molecule has 3 heteroatoms. The summed E-state index contributed by atoms with van der Waals surface area (Å²) in [4.78, 5) is 11.1. The molecule has 0 saturated heterocycles. The van der Waals surface area contributed by atoms with Crippen LogP contribution in [-0.4, -0.2) is 25.0 Å². The molecule has 0 spiro atoms. The first-order chi connectivity index (χ1) is 5.11. The second-order valence-electron chi connectivity index (χ2n) is 2.90. The number of rotatable bonds is 4. The van der Waals surface area contributed by atoms with Crippen molar-refractivity contribution in [1.29, 1.82) is 0 Å². The van der Waals surface area contributed by atoms with Crippen LogP contribution in [0.15, 0.2) is 0 Å². The third-order valence-electron chi connectivity index (χ3n) is 1.51. The molecule has 0 heterocycles. The lowest BCUT2D eigenvalue weighted by atomic mass is 10.2. The Morgan fingerprint density at radius 2 is 2.00 bits per heavy atom. The van der Waals surface area contributed by atoms with Crippen LogP contribution in [0.2, 0.25) is 0 Å². The first-order valence-electron chi connectivity index (χ1n) is 4.09. The zero-order chi connectivity index (χ0) is 8.85. The monoisotopic (exact) mass is 158 g/mol. The Morgan fingerprint density at radius 3 is 2.27 bits per heavy atom. The summed E-state index contributed by atoms with van der Waals surface area (Å²) in [5, 5.41) is 5.79. The number of hydrogen-bond donors (Lipinski definition) is 2. The highest BCUT2D eigenvalue weighted by atomic mass is 16.2. The second-order valence-corrected chi connectivity index (χ2v) is 2.90. The molecule has 0 aliphatic carbocycles. The molecule has 0 aliphatic heterocycles. The van der Waals surface area contributed by atoms with E-state index in [2.05, 4.69) is 10.6 Å². The molecule has 0 unspecified atom stereocenters. The van der Waals surface area contributed by atoms with E-state index in [1.165, 1.54) is 0 Å². The molecule has 0 fully saturated rings. The quantitative estimate of drug-likeness (QED) is 0.626. The van der Waals surface area contributed by atoms with Crippen molar-refractivity contribution in [2.45, 2.75) is 39.3 Å². The summed E-state index contributed by atoms with van der Waals surface area (Å²) in [5.41, 5.74) is 0. The highest BCUT2D eigenvalue weighted by Crippen LogP contribution is 1.92. The summed E-state index contributed by atoms with van der Waals surface area (Å²) in [6, 6.07) is 0.317. The van der Waals surface area contributed by atoms with E-state index in [4.69, 9.17) is 0 Å². The van der Waals surface area contributed by atoms with Crippen LogP contribution in [0, 0.1) is 0 Å². The number of likely N-dealkylation sites (N-methyl/N-ethyl adjacent to an activating group) is 1. The zero-order valence-corrected chi connectivity index (χ0v) is 7.77. The van der Waals surface area contributed by atoms with Crippen LogP contribution in [0.3, 0.4) is 0 Å². The lowest BCUT2D eigenvalue weighted by Crippen LogP contribution is -2.45. The maximum atomic E-state index is 11.1. The molecule has 11 heavy (non-hydrogen) atoms. The molecule has 0 aromatic rings. The summed E-state index contributed by atoms with van der Waals surface area (Å²) >= 11 is 0. The van der Waals surface area contributed by atoms with E-state index in [0.717, 1.165) is 6.42 Å². The Balaban J connectivity index is 3.84. The van der Waals surface area contributed by atoms with Crippen molar-refractivity contribution in [2.24, 2.45) is 0 Å². The molecule has 66 valence electrons. The number of amides is 1. The lowest BCUT2D eigenvalue weighted by molar-refractivity contribution is -0.122. The van der Waals surface area contributed by atoms with Gasteiger partial charge >= 0.3 is 0 Å². The van der Waals surface area contributed by atoms with Gasteiger partial charge in [-0.1, -0.05) is 20.8 Å². The largest absolute Gasteiger partial charge is 0.358 e. The van der Waals surface area contributed by atoms with Gasteiger partial charge in [-0.2, -0.15) is 0 Å². The van der Waals surface area contributed by atoms with Crippen LogP contribution >= 0.6 is 0 Å². The van der Waals surface area contributed by atoms with Crippen LogP contribution in [-0.2, 0) is 4.79 Å². The van der Waals surface area contributed by atoms with Crippen molar-refractivity contribution in [1.82, 2.24) is 10.6 Å². The number of carbonyl (C=O) groups excluding carboxylic acids is 1. The average Bonchev–Trinajstić information content (AvgIpc) is 1.98. The smallest absolute Gasteiger partial charge is 0.236 e. The fourth-order valence-electron chi connectivity index (χ4n) is 0.956. The number of hydrogen-bond acceptors (Lipinski definition) is 2. The van der Waals surface area contributed by atoms with Crippen LogP contribution in [0.4, 0.5) is 0 Å². The van der Waals surface area contributed by atoms with Crippen LogP contribution in [0.5, 0.6) is 0 Å². The van der Waals surface area contributed by atoms with Gasteiger partial charge in [-0.25, -0.2) is 0 Å². The van der Waals surface area contributed by atoms with Crippen molar-refractivity contribution < 1.29 is 4.79 Å². The van der Waals surface area contributed by atoms with E-state index in [0.29, 0.717) is 6.04 Å². The molecule has 1 amide bonds. The Morgan fingerprint density at radius 1 is 1.45 bits per heavy atom. The third kappa shape index (κ3) is 3.98. The summed E-state index contributed by atoms with van der Waals surface area (Å²) < 4.78 is 0. The molecule has 0 radical (unpaired) electrons. The molecule has 1 atom stereocenters. The van der Waals surface area contributed by atoms with E-state index in [-0.39, 0.29) is 11.9 Å². The number of nitrogens with one attached hydrogen (secondary N) is 2. The summed E-state index contributed by atoms with van der Waals surface area (Å²) in [5.74, 6) is 0.0706. The molecule has 3 nitrogen and oxygen atoms in total. The van der Waals surface area contributed by atoms with Crippen molar-refractivity contribution >= 4 is 5.91 Å². The average molecular weight is 158 g/mol. The number of carbonyl (C=O) groups is 1. The van der Waals surface area contributed by atoms with Crippen LogP contribution < -0.4 is 10.6 Å². The maximum absolute atomic E-state index is 11.1. The Hall–Kier alpha value is -0.570. The van der Waals surface area contributed by atoms with Crippen LogP contribution in [0.1, 0.15) is 27.2 Å². The van der Waals surface area contributed by atoms with E-state index in [9.17, 15) is 4.79 Å². The molecule has 0 saturated carbocycles. The Bertz CT molecular complexity index is 123. The molecular formula is C8H18N2O. The van der Waals surface area contributed by atoms with Gasteiger partial charge in [-0.3, -0.25) is 4.79 Å². The molecule has 0 aromatic heterocycles. The van der Waals surface area contributed by atoms with E-state index in [1.807, 2.05) is 20.8 Å². The highest BCUT2D eigenvalue weighted by Gasteiger charge is 2.14. The molecular weight excluding hydrogens is 140 g/mol. The van der Waals surface area contributed by atoms with Crippen molar-refractivity contribution in [3.8, 4) is 0 Å². The fourth-order valence-corrected chi connectivity index (χ4v) is 0.956. The van der Waals surface area contributed by atoms with Gasteiger partial charge in [0, 0.05) is 13.1 Å². The normalized spacial score (nSPS) is 13.2. The Labute approximate surface area is 68.6 Å². The van der Waals surface area contributed by atoms with Crippen molar-refractivity contribution in [3.63, 3.8) is 0 Å². The van der Waals surface area contributed by atoms with Gasteiger partial charge in [-0.05, 0) is 6.42 Å². The zero-order valence-electron chi connectivity index (χ0n) is 7.77. The lowest BCUT2D eigenvalue weighted by Gasteiger charge is -2.17. The molecule has 0 rings (SSSR count). The minimum Gasteiger partial charge on any atom is -0.358 e. The molecule has 0 bridgehead atoms. The fraction of sp³-hybridized carbons (Fsp3) is 0.875. The highest BCUT2D eigenvalue weighted by molar-refractivity contribution is 5.81. The van der Waals surface area contributed by atoms with Gasteiger partial charge in [0.25, 0.3) is 0 Å². The van der Waals surface area contributed by atoms with E-state index in [1.54, 1.807) is 7.05 Å². The maximum Gasteiger partial charge on any atom is 0.236 e. The second kappa shape index (κ2) is 5.13. The standard InChI is InChI=1S/C8H18N2O/c1-5-7(8(11)9-4)10-6(2)3/h6-7,10H,5H2,1-4H3,(H,9,11)/t7-/m1/s1. The minimum atomic E-state index is -0.0417. The summed E-state index contributed by atoms with van der Waals surface area (Å²) in [6.07, 6.45) is 0.831. The van der Waals surface area contributed by atoms with E-state index < -0.39 is 0 Å². The molecule has 2 N–H and O–H groups in total. The van der Waals surface area contributed by atoms with E-state index >= 15 is 0 Å². The van der Waals surface area contributed by atoms with Crippen molar-refractivity contribution in [2.75, 3.05) is 7.05 Å². The Kier molecular flexibility index (Phi) is 4.86. The van der Waals surface area contributed by atoms with Gasteiger partial charge in [0.15, 0.2) is 0 Å². The first-order valence-corrected chi connectivity index (χ1v) is 4.09. The first kappa shape index (κ1) is 10.4. The molecule has 0 aromatic carbocycles. The van der Waals surface area contributed by atoms with Gasteiger partial charge in [0.2, 0.25) is 5.91 Å². The topological polar surface area (TPSA) is 41.1 Å². The van der Waals surface area contributed by atoms with Crippen LogP contribution in [0.25, 0.3) is 0 Å². The SMILES string of the molecule is CC[C@@H](NC(C)C)C(=O)NC. The van der Waals surface area contributed by atoms with Crippen molar-refractivity contribution in [3.05, 3.63) is 0 Å². The third-order valence-corrected chi connectivity index (χ3v) is 1.51. The predicted molar refractivity (Wildman–Crippen MR) is 46.4 cm³/mol. The minimum absolute atomic E-state index is 0.0417. The van der Waals surface area contributed by atoms with Gasteiger partial charge in [0.1, 0.15) is 0 Å².